The van der Waals surface area contributed by atoms with Gasteiger partial charge >= 0.3 is 0 Å². The Morgan fingerprint density at radius 2 is 1.86 bits per heavy atom. The number of nitrogens with two attached hydrogens (primary N) is 1. The predicted octanol–water partition coefficient (Wildman–Crippen LogP) is 3.96. The highest BCUT2D eigenvalue weighted by atomic mass is 79.9. The van der Waals surface area contributed by atoms with Gasteiger partial charge in [-0.1, -0.05) is 6.07 Å². The van der Waals surface area contributed by atoms with Crippen LogP contribution in [-0.4, -0.2) is 14.2 Å². The molecule has 1 atom stereocenters. The van der Waals surface area contributed by atoms with Gasteiger partial charge in [-0.3, -0.25) is 0 Å². The SMILES string of the molecule is COc1ccc(C(N)c2cc(C)cc(F)c2)c(OC)c1Br. The van der Waals surface area contributed by atoms with Crippen LogP contribution in [0.2, 0.25) is 0 Å². The van der Waals surface area contributed by atoms with Crippen molar-refractivity contribution in [3.63, 3.8) is 0 Å². The summed E-state index contributed by atoms with van der Waals surface area (Å²) in [4.78, 5) is 0. The van der Waals surface area contributed by atoms with E-state index in [-0.39, 0.29) is 5.82 Å². The van der Waals surface area contributed by atoms with E-state index in [1.807, 2.05) is 19.1 Å². The predicted molar refractivity (Wildman–Crippen MR) is 84.4 cm³/mol. The summed E-state index contributed by atoms with van der Waals surface area (Å²) in [6, 6.07) is 7.91. The highest BCUT2D eigenvalue weighted by Gasteiger charge is 2.19. The van der Waals surface area contributed by atoms with E-state index in [1.165, 1.54) is 12.1 Å². The summed E-state index contributed by atoms with van der Waals surface area (Å²) >= 11 is 3.44. The second-order valence-electron chi connectivity index (χ2n) is 4.74. The molecule has 5 heteroatoms. The number of hydrogen-bond acceptors (Lipinski definition) is 3. The minimum atomic E-state index is -0.489. The first-order valence-electron chi connectivity index (χ1n) is 6.41. The van der Waals surface area contributed by atoms with E-state index in [2.05, 4.69) is 15.9 Å². The molecule has 112 valence electrons. The van der Waals surface area contributed by atoms with Gasteiger partial charge in [-0.25, -0.2) is 4.39 Å². The van der Waals surface area contributed by atoms with Crippen LogP contribution in [0.4, 0.5) is 4.39 Å². The van der Waals surface area contributed by atoms with Crippen LogP contribution < -0.4 is 15.2 Å². The van der Waals surface area contributed by atoms with Crippen molar-refractivity contribution in [2.24, 2.45) is 5.73 Å². The first-order chi connectivity index (χ1) is 9.97. The fraction of sp³-hybridized carbons (Fsp3) is 0.250. The van der Waals surface area contributed by atoms with Gasteiger partial charge in [0.1, 0.15) is 21.8 Å². The molecule has 1 unspecified atom stereocenters. The van der Waals surface area contributed by atoms with Crippen LogP contribution in [0.5, 0.6) is 11.5 Å². The average Bonchev–Trinajstić information content (AvgIpc) is 2.45. The average molecular weight is 354 g/mol. The van der Waals surface area contributed by atoms with Gasteiger partial charge in [0, 0.05) is 5.56 Å². The molecule has 0 aliphatic carbocycles. The summed E-state index contributed by atoms with van der Waals surface area (Å²) in [5.74, 6) is 0.939. The van der Waals surface area contributed by atoms with Crippen LogP contribution in [0.15, 0.2) is 34.8 Å². The maximum Gasteiger partial charge on any atom is 0.141 e. The summed E-state index contributed by atoms with van der Waals surface area (Å²) in [6.45, 7) is 1.83. The second-order valence-corrected chi connectivity index (χ2v) is 5.54. The molecule has 0 aromatic heterocycles. The van der Waals surface area contributed by atoms with Gasteiger partial charge in [0.05, 0.1) is 20.3 Å². The number of rotatable bonds is 4. The third-order valence-electron chi connectivity index (χ3n) is 3.27. The number of aryl methyl sites for hydroxylation is 1. The fourth-order valence-electron chi connectivity index (χ4n) is 2.29. The number of halogens is 2. The summed E-state index contributed by atoms with van der Waals surface area (Å²) < 4.78 is 24.9. The van der Waals surface area contributed by atoms with Crippen molar-refractivity contribution >= 4 is 15.9 Å². The number of benzene rings is 2. The molecular formula is C16H17BrFNO2. The Bertz CT molecular complexity index is 641. The van der Waals surface area contributed by atoms with E-state index in [0.29, 0.717) is 21.5 Å². The standard InChI is InChI=1S/C16H17BrFNO2/c1-9-6-10(8-11(18)7-9)15(19)12-4-5-13(20-2)14(17)16(12)21-3/h4-8,15H,19H2,1-3H3. The molecule has 2 aromatic carbocycles. The molecular weight excluding hydrogens is 337 g/mol. The van der Waals surface area contributed by atoms with Gasteiger partial charge < -0.3 is 15.2 Å². The monoisotopic (exact) mass is 353 g/mol. The lowest BCUT2D eigenvalue weighted by molar-refractivity contribution is 0.385. The molecule has 21 heavy (non-hydrogen) atoms. The van der Waals surface area contributed by atoms with Gasteiger partial charge in [-0.05, 0) is 58.2 Å². The third kappa shape index (κ3) is 3.19. The number of methoxy groups -OCH3 is 2. The highest BCUT2D eigenvalue weighted by molar-refractivity contribution is 9.10. The second kappa shape index (κ2) is 6.45. The molecule has 0 fully saturated rings. The molecule has 0 saturated heterocycles. The van der Waals surface area contributed by atoms with Gasteiger partial charge in [-0.2, -0.15) is 0 Å². The van der Waals surface area contributed by atoms with Crippen molar-refractivity contribution in [3.8, 4) is 11.5 Å². The van der Waals surface area contributed by atoms with Crippen molar-refractivity contribution in [2.45, 2.75) is 13.0 Å². The smallest absolute Gasteiger partial charge is 0.141 e. The number of ether oxygens (including phenoxy) is 2. The zero-order valence-corrected chi connectivity index (χ0v) is 13.7. The van der Waals surface area contributed by atoms with Crippen LogP contribution in [-0.2, 0) is 0 Å². The Balaban J connectivity index is 2.52. The van der Waals surface area contributed by atoms with Crippen molar-refractivity contribution in [1.82, 2.24) is 0 Å². The quantitative estimate of drug-likeness (QED) is 0.904. The van der Waals surface area contributed by atoms with Gasteiger partial charge in [0.2, 0.25) is 0 Å². The summed E-state index contributed by atoms with van der Waals surface area (Å²) in [5.41, 5.74) is 8.57. The lowest BCUT2D eigenvalue weighted by atomic mass is 9.97. The van der Waals surface area contributed by atoms with Crippen LogP contribution in [0, 0.1) is 12.7 Å². The van der Waals surface area contributed by atoms with E-state index >= 15 is 0 Å². The molecule has 0 saturated carbocycles. The van der Waals surface area contributed by atoms with E-state index in [1.54, 1.807) is 20.3 Å². The summed E-state index contributed by atoms with van der Waals surface area (Å²) in [6.07, 6.45) is 0. The Labute approximate surface area is 132 Å². The maximum atomic E-state index is 13.6. The minimum absolute atomic E-state index is 0.299. The van der Waals surface area contributed by atoms with Crippen LogP contribution >= 0.6 is 15.9 Å². The molecule has 3 nitrogen and oxygen atoms in total. The molecule has 0 amide bonds. The van der Waals surface area contributed by atoms with E-state index < -0.39 is 6.04 Å². The molecule has 0 heterocycles. The molecule has 0 spiro atoms. The molecule has 0 bridgehead atoms. The van der Waals surface area contributed by atoms with Gasteiger partial charge in [0.25, 0.3) is 0 Å². The highest BCUT2D eigenvalue weighted by Crippen LogP contribution is 2.40. The molecule has 2 N–H and O–H groups in total. The third-order valence-corrected chi connectivity index (χ3v) is 4.03. The zero-order chi connectivity index (χ0) is 15.6. The molecule has 2 rings (SSSR count). The Morgan fingerprint density at radius 1 is 1.14 bits per heavy atom. The Morgan fingerprint density at radius 3 is 2.43 bits per heavy atom. The van der Waals surface area contributed by atoms with Crippen molar-refractivity contribution in [2.75, 3.05) is 14.2 Å². The summed E-state index contributed by atoms with van der Waals surface area (Å²) in [5, 5.41) is 0. The van der Waals surface area contributed by atoms with Crippen molar-refractivity contribution < 1.29 is 13.9 Å². The van der Waals surface area contributed by atoms with Crippen LogP contribution in [0.25, 0.3) is 0 Å². The topological polar surface area (TPSA) is 44.5 Å². The lowest BCUT2D eigenvalue weighted by Gasteiger charge is -2.19. The van der Waals surface area contributed by atoms with Gasteiger partial charge in [0.15, 0.2) is 0 Å². The van der Waals surface area contributed by atoms with E-state index in [4.69, 9.17) is 15.2 Å². The largest absolute Gasteiger partial charge is 0.495 e. The first-order valence-corrected chi connectivity index (χ1v) is 7.20. The Hall–Kier alpha value is -1.59. The molecule has 0 radical (unpaired) electrons. The van der Waals surface area contributed by atoms with Crippen molar-refractivity contribution in [1.29, 1.82) is 0 Å². The van der Waals surface area contributed by atoms with Crippen LogP contribution in [0.3, 0.4) is 0 Å². The maximum absolute atomic E-state index is 13.6. The normalized spacial score (nSPS) is 12.1. The Kier molecular flexibility index (Phi) is 4.85. The lowest BCUT2D eigenvalue weighted by Crippen LogP contribution is -2.14. The number of hydrogen-bond donors (Lipinski definition) is 1. The molecule has 2 aromatic rings. The van der Waals surface area contributed by atoms with Gasteiger partial charge in [-0.15, -0.1) is 0 Å². The van der Waals surface area contributed by atoms with Crippen LogP contribution in [0.1, 0.15) is 22.7 Å². The van der Waals surface area contributed by atoms with Crippen molar-refractivity contribution in [3.05, 3.63) is 57.3 Å². The molecule has 0 aliphatic rings. The fourth-order valence-corrected chi connectivity index (χ4v) is 2.97. The zero-order valence-electron chi connectivity index (χ0n) is 12.1. The minimum Gasteiger partial charge on any atom is -0.495 e. The summed E-state index contributed by atoms with van der Waals surface area (Å²) in [7, 11) is 3.14. The van der Waals surface area contributed by atoms with E-state index in [0.717, 1.165) is 11.1 Å². The first kappa shape index (κ1) is 15.8. The van der Waals surface area contributed by atoms with E-state index in [9.17, 15) is 4.39 Å². The molecule has 0 aliphatic heterocycles.